The average molecular weight is 574 g/mol. The molecule has 3 aromatic rings. The predicted octanol–water partition coefficient (Wildman–Crippen LogP) is 5.82. The van der Waals surface area contributed by atoms with Gasteiger partial charge in [0.1, 0.15) is 12.4 Å². The number of piperidine rings is 2. The molecule has 3 heterocycles. The van der Waals surface area contributed by atoms with Crippen molar-refractivity contribution in [1.29, 1.82) is 0 Å². The highest BCUT2D eigenvalue weighted by atomic mass is 32.1. The number of amides is 1. The summed E-state index contributed by atoms with van der Waals surface area (Å²) in [6, 6.07) is 15.2. The molecule has 1 N–H and O–H groups in total. The van der Waals surface area contributed by atoms with Gasteiger partial charge in [-0.25, -0.2) is 4.98 Å². The van der Waals surface area contributed by atoms with Crippen LogP contribution in [0, 0.1) is 12.3 Å². The van der Waals surface area contributed by atoms with E-state index in [4.69, 9.17) is 9.47 Å². The van der Waals surface area contributed by atoms with Crippen molar-refractivity contribution in [2.24, 2.45) is 5.41 Å². The second-order valence-corrected chi connectivity index (χ2v) is 11.7. The number of benzene rings is 2. The van der Waals surface area contributed by atoms with E-state index in [2.05, 4.69) is 16.4 Å². The first kappa shape index (κ1) is 28.6. The van der Waals surface area contributed by atoms with Gasteiger partial charge in [0.05, 0.1) is 10.7 Å². The quantitative estimate of drug-likeness (QED) is 0.386. The Labute approximate surface area is 236 Å². The Morgan fingerprint density at radius 3 is 2.45 bits per heavy atom. The highest BCUT2D eigenvalue weighted by molar-refractivity contribution is 7.09. The van der Waals surface area contributed by atoms with Gasteiger partial charge in [-0.15, -0.1) is 11.3 Å². The smallest absolute Gasteiger partial charge is 0.430 e. The van der Waals surface area contributed by atoms with Gasteiger partial charge in [0.2, 0.25) is 0 Å². The molecule has 0 aliphatic carbocycles. The van der Waals surface area contributed by atoms with Crippen LogP contribution < -0.4 is 10.1 Å². The highest BCUT2D eigenvalue weighted by Crippen LogP contribution is 2.51. The van der Waals surface area contributed by atoms with Gasteiger partial charge in [0, 0.05) is 43.6 Å². The topological polar surface area (TPSA) is 63.7 Å². The van der Waals surface area contributed by atoms with Crippen molar-refractivity contribution >= 4 is 17.2 Å². The largest absolute Gasteiger partial charge is 0.487 e. The van der Waals surface area contributed by atoms with E-state index in [-0.39, 0.29) is 30.0 Å². The molecule has 0 saturated carbocycles. The van der Waals surface area contributed by atoms with Gasteiger partial charge in [0.25, 0.3) is 11.5 Å². The molecule has 2 aliphatic rings. The molecular weight excluding hydrogens is 539 g/mol. The summed E-state index contributed by atoms with van der Waals surface area (Å²) < 4.78 is 54.9. The van der Waals surface area contributed by atoms with Crippen molar-refractivity contribution < 1.29 is 27.4 Å². The molecule has 1 aromatic heterocycles. The first-order valence-corrected chi connectivity index (χ1v) is 14.4. The minimum atomic E-state index is -4.92. The van der Waals surface area contributed by atoms with Crippen molar-refractivity contribution in [3.8, 4) is 5.75 Å². The van der Waals surface area contributed by atoms with E-state index in [0.29, 0.717) is 19.4 Å². The summed E-state index contributed by atoms with van der Waals surface area (Å²) in [4.78, 5) is 19.5. The van der Waals surface area contributed by atoms with Crippen LogP contribution in [0.4, 0.5) is 13.2 Å². The fourth-order valence-corrected chi connectivity index (χ4v) is 6.92. The Balaban J connectivity index is 1.37. The molecule has 0 radical (unpaired) electrons. The summed E-state index contributed by atoms with van der Waals surface area (Å²) in [6.07, 6.45) is -2.86. The van der Waals surface area contributed by atoms with Crippen LogP contribution in [0.2, 0.25) is 0 Å². The first-order chi connectivity index (χ1) is 19.2. The Morgan fingerprint density at radius 2 is 1.80 bits per heavy atom. The standard InChI is InChI=1S/C30H34F3N3O3S/c1-21-35-23(20-40-21)19-39-26-11-7-6-10-24(26)25-18-34-15-12-28(25)13-16-36(17-14-28)27(37)29(38-2,30(31,32)33)22-8-4-3-5-9-22/h3-11,20,25,34H,12-19H2,1-2H3/t25?,29-/m1/s1. The van der Waals surface area contributed by atoms with Gasteiger partial charge < -0.3 is 19.7 Å². The van der Waals surface area contributed by atoms with Crippen LogP contribution in [0.15, 0.2) is 60.0 Å². The van der Waals surface area contributed by atoms with Gasteiger partial charge >= 0.3 is 6.18 Å². The van der Waals surface area contributed by atoms with Crippen LogP contribution in [0.5, 0.6) is 5.75 Å². The van der Waals surface area contributed by atoms with Gasteiger partial charge in [-0.3, -0.25) is 4.79 Å². The molecule has 1 amide bonds. The molecule has 2 fully saturated rings. The van der Waals surface area contributed by atoms with E-state index in [1.165, 1.54) is 29.2 Å². The molecular formula is C30H34F3N3O3S. The van der Waals surface area contributed by atoms with Crippen LogP contribution in [0.1, 0.15) is 47.0 Å². The van der Waals surface area contributed by atoms with E-state index in [1.807, 2.05) is 30.5 Å². The number of carbonyl (C=O) groups excluding carboxylic acids is 1. The average Bonchev–Trinajstić information content (AvgIpc) is 3.38. The molecule has 2 aromatic carbocycles. The van der Waals surface area contributed by atoms with Crippen molar-refractivity contribution in [3.05, 3.63) is 81.8 Å². The lowest BCUT2D eigenvalue weighted by Gasteiger charge is -2.51. The number of alkyl halides is 3. The van der Waals surface area contributed by atoms with Crippen LogP contribution in [-0.4, -0.2) is 55.3 Å². The van der Waals surface area contributed by atoms with Gasteiger partial charge in [0.15, 0.2) is 0 Å². The van der Waals surface area contributed by atoms with Crippen LogP contribution >= 0.6 is 11.3 Å². The normalized spacial score (nSPS) is 20.7. The van der Waals surface area contributed by atoms with Crippen molar-refractivity contribution in [2.45, 2.75) is 50.5 Å². The number of nitrogens with one attached hydrogen (secondary N) is 1. The van der Waals surface area contributed by atoms with E-state index in [0.717, 1.165) is 48.6 Å². The maximum absolute atomic E-state index is 14.5. The summed E-state index contributed by atoms with van der Waals surface area (Å²) in [7, 11) is 0.955. The number of rotatable bonds is 7. The number of aryl methyl sites for hydroxylation is 1. The Hall–Kier alpha value is -2.95. The van der Waals surface area contributed by atoms with Crippen molar-refractivity contribution in [2.75, 3.05) is 33.3 Å². The van der Waals surface area contributed by atoms with Crippen LogP contribution in [-0.2, 0) is 21.7 Å². The number of carbonyl (C=O) groups is 1. The number of ether oxygens (including phenoxy) is 2. The number of halogens is 3. The zero-order valence-electron chi connectivity index (χ0n) is 22.7. The molecule has 1 unspecified atom stereocenters. The summed E-state index contributed by atoms with van der Waals surface area (Å²) >= 11 is 1.58. The van der Waals surface area contributed by atoms with E-state index < -0.39 is 17.7 Å². The molecule has 2 aliphatic heterocycles. The molecule has 214 valence electrons. The zero-order chi connectivity index (χ0) is 28.4. The molecule has 0 bridgehead atoms. The fourth-order valence-electron chi connectivity index (χ4n) is 6.32. The van der Waals surface area contributed by atoms with Gasteiger partial charge in [-0.2, -0.15) is 13.2 Å². The molecule has 10 heteroatoms. The van der Waals surface area contributed by atoms with Crippen LogP contribution in [0.3, 0.4) is 0 Å². The monoisotopic (exact) mass is 573 g/mol. The predicted molar refractivity (Wildman–Crippen MR) is 147 cm³/mol. The lowest BCUT2D eigenvalue weighted by Crippen LogP contribution is -2.59. The van der Waals surface area contributed by atoms with Gasteiger partial charge in [-0.05, 0) is 49.8 Å². The minimum absolute atomic E-state index is 0.0933. The zero-order valence-corrected chi connectivity index (χ0v) is 23.5. The van der Waals surface area contributed by atoms with E-state index in [9.17, 15) is 18.0 Å². The van der Waals surface area contributed by atoms with E-state index in [1.54, 1.807) is 17.4 Å². The summed E-state index contributed by atoms with van der Waals surface area (Å²) in [6.45, 7) is 4.34. The van der Waals surface area contributed by atoms with Crippen LogP contribution in [0.25, 0.3) is 0 Å². The Bertz CT molecular complexity index is 1310. The molecule has 2 saturated heterocycles. The molecule has 1 spiro atoms. The second-order valence-electron chi connectivity index (χ2n) is 10.6. The SMILES string of the molecule is CO[C@@](C(=O)N1CCC2(CCNCC2c2ccccc2OCc2csc(C)n2)CC1)(c1ccccc1)C(F)(F)F. The summed E-state index contributed by atoms with van der Waals surface area (Å²) in [5.74, 6) is -0.175. The second kappa shape index (κ2) is 11.5. The number of thiazole rings is 1. The number of aromatic nitrogens is 1. The molecule has 5 rings (SSSR count). The fraction of sp³-hybridized carbons (Fsp3) is 0.467. The first-order valence-electron chi connectivity index (χ1n) is 13.5. The number of hydrogen-bond acceptors (Lipinski definition) is 6. The summed E-state index contributed by atoms with van der Waals surface area (Å²) in [5.41, 5.74) is -1.46. The number of nitrogens with zero attached hydrogens (tertiary/aromatic N) is 2. The third kappa shape index (κ3) is 5.24. The molecule has 40 heavy (non-hydrogen) atoms. The lowest BCUT2D eigenvalue weighted by atomic mass is 9.62. The number of methoxy groups -OCH3 is 1. The number of likely N-dealkylation sites (tertiary alicyclic amines) is 1. The maximum atomic E-state index is 14.5. The molecule has 6 nitrogen and oxygen atoms in total. The van der Waals surface area contributed by atoms with E-state index >= 15 is 0 Å². The van der Waals surface area contributed by atoms with Crippen molar-refractivity contribution in [1.82, 2.24) is 15.2 Å². The number of para-hydroxylation sites is 1. The lowest BCUT2D eigenvalue weighted by molar-refractivity contribution is -0.271. The Kier molecular flexibility index (Phi) is 8.22. The minimum Gasteiger partial charge on any atom is -0.487 e. The van der Waals surface area contributed by atoms with Gasteiger partial charge in [-0.1, -0.05) is 48.5 Å². The van der Waals surface area contributed by atoms with Crippen molar-refractivity contribution in [3.63, 3.8) is 0 Å². The maximum Gasteiger partial charge on any atom is 0.430 e. The molecule has 2 atom stereocenters. The summed E-state index contributed by atoms with van der Waals surface area (Å²) in [5, 5.41) is 6.48. The third-order valence-corrected chi connectivity index (χ3v) is 9.28. The number of hydrogen-bond donors (Lipinski definition) is 1. The third-order valence-electron chi connectivity index (χ3n) is 8.46. The highest BCUT2D eigenvalue weighted by Gasteiger charge is 2.64. The Morgan fingerprint density at radius 1 is 1.10 bits per heavy atom.